The molecular formula is C25H39N3O8. The van der Waals surface area contributed by atoms with Crippen molar-refractivity contribution >= 4 is 12.0 Å². The highest BCUT2D eigenvalue weighted by Crippen LogP contribution is 2.22. The molecule has 1 aromatic rings. The molecule has 2 aliphatic rings. The molecule has 2 amide bonds. The molecule has 0 aromatic heterocycles. The van der Waals surface area contributed by atoms with Crippen LogP contribution >= 0.6 is 0 Å². The summed E-state index contributed by atoms with van der Waals surface area (Å²) in [5.41, 5.74) is 0.891. The topological polar surface area (TPSA) is 128 Å². The summed E-state index contributed by atoms with van der Waals surface area (Å²) in [6.07, 6.45) is -0.764. The summed E-state index contributed by atoms with van der Waals surface area (Å²) in [4.78, 5) is 25.7. The Bertz CT molecular complexity index is 977. The van der Waals surface area contributed by atoms with Crippen molar-refractivity contribution in [3.05, 3.63) is 29.8 Å². The molecule has 2 heterocycles. The molecular weight excluding hydrogens is 470 g/mol. The maximum Gasteiger partial charge on any atom is 0.317 e. The van der Waals surface area contributed by atoms with Crippen molar-refractivity contribution in [2.75, 3.05) is 65.7 Å². The Balaban J connectivity index is 1.34. The lowest BCUT2D eigenvalue weighted by Crippen LogP contribution is -2.47. The van der Waals surface area contributed by atoms with E-state index in [4.69, 9.17) is 29.2 Å². The van der Waals surface area contributed by atoms with Gasteiger partial charge in [-0.25, -0.2) is 4.79 Å². The summed E-state index contributed by atoms with van der Waals surface area (Å²) >= 11 is 0. The Hall–Kier alpha value is -2.44. The first kappa shape index (κ1) is 22.7. The second-order valence-electron chi connectivity index (χ2n) is 8.90. The van der Waals surface area contributed by atoms with Gasteiger partial charge in [0.25, 0.3) is 0 Å². The number of aliphatic hydroxyl groups is 1. The van der Waals surface area contributed by atoms with Gasteiger partial charge >= 0.3 is 12.0 Å². The van der Waals surface area contributed by atoms with Crippen LogP contribution in [-0.2, 0) is 30.2 Å². The average Bonchev–Trinajstić information content (AvgIpc) is 3.27. The lowest BCUT2D eigenvalue weighted by Gasteiger charge is -2.27. The summed E-state index contributed by atoms with van der Waals surface area (Å²) in [5, 5.41) is 14.6. The van der Waals surface area contributed by atoms with Crippen LogP contribution in [0.5, 0.6) is 5.75 Å². The van der Waals surface area contributed by atoms with Gasteiger partial charge in [-0.2, -0.15) is 0 Å². The van der Waals surface area contributed by atoms with Crippen molar-refractivity contribution in [1.29, 1.82) is 0 Å². The highest BCUT2D eigenvalue weighted by atomic mass is 16.7. The Kier molecular flexibility index (Phi) is 9.05. The minimum Gasteiger partial charge on any atom is -0.491 e. The zero-order chi connectivity index (χ0) is 29.4. The van der Waals surface area contributed by atoms with Gasteiger partial charge in [0.2, 0.25) is 0 Å². The number of aryl methyl sites for hydroxylation is 1. The molecule has 0 aliphatic carbocycles. The van der Waals surface area contributed by atoms with Crippen molar-refractivity contribution in [2.45, 2.75) is 44.7 Å². The van der Waals surface area contributed by atoms with E-state index in [-0.39, 0.29) is 51.3 Å². The number of hydrogen-bond acceptors (Lipinski definition) is 9. The summed E-state index contributed by atoms with van der Waals surface area (Å²) in [6.45, 7) is -0.570. The molecule has 202 valence electrons. The Morgan fingerprint density at radius 3 is 2.69 bits per heavy atom. The second kappa shape index (κ2) is 14.3. The number of amides is 2. The SMILES string of the molecule is [2H]C([2H])(NC[C@H](O)COc1ccc(CCC(=O)OC[C@H]2COC(C)(C)O2)cc1)C([2H])([2H])NC(=O)N1CCOCC1. The lowest BCUT2D eigenvalue weighted by molar-refractivity contribution is -0.158. The first-order valence-electron chi connectivity index (χ1n) is 14.0. The number of nitrogens with one attached hydrogen (secondary N) is 2. The van der Waals surface area contributed by atoms with E-state index in [9.17, 15) is 14.7 Å². The zero-order valence-corrected chi connectivity index (χ0v) is 20.8. The molecule has 36 heavy (non-hydrogen) atoms. The Morgan fingerprint density at radius 1 is 1.25 bits per heavy atom. The lowest BCUT2D eigenvalue weighted by atomic mass is 10.1. The van der Waals surface area contributed by atoms with E-state index in [2.05, 4.69) is 10.6 Å². The second-order valence-corrected chi connectivity index (χ2v) is 8.90. The van der Waals surface area contributed by atoms with E-state index in [0.29, 0.717) is 32.0 Å². The maximum absolute atomic E-state index is 12.3. The highest BCUT2D eigenvalue weighted by molar-refractivity contribution is 5.74. The van der Waals surface area contributed by atoms with Crippen LogP contribution < -0.4 is 15.4 Å². The number of aliphatic hydroxyl groups excluding tert-OH is 1. The number of carbonyl (C=O) groups is 2. The number of nitrogens with zero attached hydrogens (tertiary/aromatic N) is 1. The average molecular weight is 514 g/mol. The smallest absolute Gasteiger partial charge is 0.317 e. The molecule has 0 saturated carbocycles. The molecule has 2 aliphatic heterocycles. The summed E-state index contributed by atoms with van der Waals surface area (Å²) < 4.78 is 59.1. The van der Waals surface area contributed by atoms with Gasteiger partial charge in [0.1, 0.15) is 31.2 Å². The number of hydrogen-bond donors (Lipinski definition) is 3. The van der Waals surface area contributed by atoms with Gasteiger partial charge in [-0.1, -0.05) is 12.1 Å². The van der Waals surface area contributed by atoms with Crippen LogP contribution in [0, 0.1) is 0 Å². The molecule has 3 rings (SSSR count). The van der Waals surface area contributed by atoms with Crippen LogP contribution in [0.1, 0.15) is 31.3 Å². The first-order valence-corrected chi connectivity index (χ1v) is 12.0. The van der Waals surface area contributed by atoms with Gasteiger partial charge in [0, 0.05) is 41.8 Å². The number of benzene rings is 1. The van der Waals surface area contributed by atoms with Gasteiger partial charge in [-0.3, -0.25) is 4.79 Å². The molecule has 3 N–H and O–H groups in total. The third kappa shape index (κ3) is 10.3. The van der Waals surface area contributed by atoms with E-state index in [1.54, 1.807) is 38.1 Å². The van der Waals surface area contributed by atoms with Crippen LogP contribution in [-0.4, -0.2) is 106 Å². The summed E-state index contributed by atoms with van der Waals surface area (Å²) in [7, 11) is 0. The van der Waals surface area contributed by atoms with Crippen LogP contribution in [0.25, 0.3) is 0 Å². The molecule has 0 unspecified atom stereocenters. The zero-order valence-electron chi connectivity index (χ0n) is 24.8. The van der Waals surface area contributed by atoms with Gasteiger partial charge in [0.15, 0.2) is 5.79 Å². The molecule has 0 spiro atoms. The van der Waals surface area contributed by atoms with Gasteiger partial charge in [-0.15, -0.1) is 0 Å². The fourth-order valence-corrected chi connectivity index (χ4v) is 3.50. The van der Waals surface area contributed by atoms with E-state index < -0.39 is 30.9 Å². The van der Waals surface area contributed by atoms with E-state index in [1.165, 1.54) is 4.90 Å². The Morgan fingerprint density at radius 2 is 2.00 bits per heavy atom. The number of morpholine rings is 1. The summed E-state index contributed by atoms with van der Waals surface area (Å²) in [6, 6.07) is 6.21. The number of carbonyl (C=O) groups excluding carboxylic acids is 2. The predicted molar refractivity (Wildman–Crippen MR) is 131 cm³/mol. The fourth-order valence-electron chi connectivity index (χ4n) is 3.50. The van der Waals surface area contributed by atoms with Crippen LogP contribution in [0.15, 0.2) is 24.3 Å². The molecule has 1 aromatic carbocycles. The van der Waals surface area contributed by atoms with Crippen molar-refractivity contribution in [3.63, 3.8) is 0 Å². The predicted octanol–water partition coefficient (Wildman–Crippen LogP) is 0.685. The van der Waals surface area contributed by atoms with Crippen molar-refractivity contribution < 1.29 is 43.9 Å². The Labute approximate surface area is 218 Å². The third-order valence-corrected chi connectivity index (χ3v) is 5.44. The van der Waals surface area contributed by atoms with E-state index >= 15 is 0 Å². The molecule has 2 atom stereocenters. The number of esters is 1. The molecule has 2 fully saturated rings. The monoisotopic (exact) mass is 513 g/mol. The highest BCUT2D eigenvalue weighted by Gasteiger charge is 2.33. The van der Waals surface area contributed by atoms with Crippen molar-refractivity contribution in [3.8, 4) is 5.75 Å². The standard InChI is InChI=1S/C25H39N3O8/c1-25(2)35-18-22(36-25)17-34-23(30)8-5-19-3-6-21(7-4-19)33-16-20(29)15-26-9-10-27-24(31)28-11-13-32-14-12-28/h3-4,6-7,20,22,26,29H,5,8-18H2,1-2H3,(H,27,31)/t20-,22-/m0/s1/i9D2,10D2. The molecule has 0 bridgehead atoms. The normalized spacial score (nSPS) is 22.5. The third-order valence-electron chi connectivity index (χ3n) is 5.44. The fraction of sp³-hybridized carbons (Fsp3) is 0.680. The number of urea groups is 1. The number of rotatable bonds is 13. The molecule has 11 nitrogen and oxygen atoms in total. The van der Waals surface area contributed by atoms with Crippen LogP contribution in [0.3, 0.4) is 0 Å². The molecule has 2 saturated heterocycles. The largest absolute Gasteiger partial charge is 0.491 e. The van der Waals surface area contributed by atoms with Crippen LogP contribution in [0.2, 0.25) is 0 Å². The van der Waals surface area contributed by atoms with Crippen molar-refractivity contribution in [1.82, 2.24) is 15.5 Å². The van der Waals surface area contributed by atoms with Crippen LogP contribution in [0.4, 0.5) is 4.79 Å². The number of ether oxygens (including phenoxy) is 5. The van der Waals surface area contributed by atoms with Gasteiger partial charge < -0.3 is 44.3 Å². The molecule has 0 radical (unpaired) electrons. The minimum atomic E-state index is -2.75. The van der Waals surface area contributed by atoms with Crippen molar-refractivity contribution in [2.24, 2.45) is 0 Å². The minimum absolute atomic E-state index is 0.140. The maximum atomic E-state index is 12.3. The van der Waals surface area contributed by atoms with E-state index in [0.717, 1.165) is 5.56 Å². The van der Waals surface area contributed by atoms with Gasteiger partial charge in [-0.05, 0) is 38.0 Å². The summed E-state index contributed by atoms with van der Waals surface area (Å²) in [5.74, 6) is -0.545. The molecule has 11 heteroatoms. The van der Waals surface area contributed by atoms with Gasteiger partial charge in [0.05, 0.1) is 22.6 Å². The first-order chi connectivity index (χ1) is 18.8. The quantitative estimate of drug-likeness (QED) is 0.326. The van der Waals surface area contributed by atoms with E-state index in [1.807, 2.05) is 0 Å².